The molecule has 32 heavy (non-hydrogen) atoms. The molecule has 9 heteroatoms. The lowest BCUT2D eigenvalue weighted by Gasteiger charge is -2.36. The molecular formula is C23H23N7OS. The van der Waals surface area contributed by atoms with E-state index >= 15 is 0 Å². The van der Waals surface area contributed by atoms with Gasteiger partial charge in [-0.15, -0.1) is 0 Å². The van der Waals surface area contributed by atoms with E-state index in [9.17, 15) is 4.79 Å². The number of aryl methyl sites for hydroxylation is 1. The summed E-state index contributed by atoms with van der Waals surface area (Å²) in [6, 6.07) is 18.0. The van der Waals surface area contributed by atoms with Gasteiger partial charge in [-0.2, -0.15) is 10.4 Å². The van der Waals surface area contributed by atoms with E-state index in [0.717, 1.165) is 11.6 Å². The van der Waals surface area contributed by atoms with Gasteiger partial charge < -0.3 is 15.2 Å². The molecule has 0 spiro atoms. The van der Waals surface area contributed by atoms with E-state index in [1.54, 1.807) is 24.3 Å². The normalized spacial score (nSPS) is 23.1. The zero-order valence-corrected chi connectivity index (χ0v) is 18.3. The summed E-state index contributed by atoms with van der Waals surface area (Å²) in [4.78, 5) is 14.5. The Kier molecular flexibility index (Phi) is 5.47. The molecular weight excluding hydrogens is 422 g/mol. The number of nitrogens with one attached hydrogen (secondary N) is 3. The molecule has 162 valence electrons. The van der Waals surface area contributed by atoms with Crippen molar-refractivity contribution in [2.45, 2.75) is 31.6 Å². The van der Waals surface area contributed by atoms with Gasteiger partial charge in [-0.3, -0.25) is 10.2 Å². The van der Waals surface area contributed by atoms with E-state index in [4.69, 9.17) is 5.26 Å². The van der Waals surface area contributed by atoms with E-state index in [-0.39, 0.29) is 29.9 Å². The molecule has 1 saturated heterocycles. The largest absolute Gasteiger partial charge is 0.325 e. The van der Waals surface area contributed by atoms with Crippen LogP contribution in [-0.4, -0.2) is 38.9 Å². The number of hydrazine groups is 1. The lowest BCUT2D eigenvalue weighted by Crippen LogP contribution is -2.54. The number of benzene rings is 2. The Morgan fingerprint density at radius 3 is 2.75 bits per heavy atom. The second kappa shape index (κ2) is 8.57. The monoisotopic (exact) mass is 445 g/mol. The van der Waals surface area contributed by atoms with Gasteiger partial charge in [-0.05, 0) is 43.2 Å². The van der Waals surface area contributed by atoms with E-state index in [2.05, 4.69) is 68.4 Å². The van der Waals surface area contributed by atoms with Crippen molar-refractivity contribution in [3.8, 4) is 6.07 Å². The number of hydrazone groups is 1. The van der Waals surface area contributed by atoms with Crippen LogP contribution in [0.3, 0.4) is 0 Å². The summed E-state index contributed by atoms with van der Waals surface area (Å²) in [6.45, 7) is 2.10. The number of fused-ring (bicyclic) bond motifs is 3. The first kappa shape index (κ1) is 20.4. The minimum atomic E-state index is -0.115. The number of hydrogen-bond donors (Lipinski definition) is 3. The standard InChI is InChI=1S/C23H23N7OS/c1-15-2-6-17(7-3-15)19-12-20-22-26-27-23(29(22)10-11-30(20)28-19)32-14-21(31)25-18-8-4-16(13-24)5-9-18/h2-11,19-20,22,26,28H,12,14H2,1H3,(H,25,31). The van der Waals surface area contributed by atoms with E-state index in [1.807, 2.05) is 12.4 Å². The van der Waals surface area contributed by atoms with Gasteiger partial charge in [0.25, 0.3) is 0 Å². The third-order valence-corrected chi connectivity index (χ3v) is 6.78. The van der Waals surface area contributed by atoms with Crippen molar-refractivity contribution in [3.05, 3.63) is 77.6 Å². The van der Waals surface area contributed by atoms with Crippen LogP contribution in [0, 0.1) is 18.3 Å². The summed E-state index contributed by atoms with van der Waals surface area (Å²) >= 11 is 1.40. The molecule has 0 aromatic heterocycles. The summed E-state index contributed by atoms with van der Waals surface area (Å²) in [5.41, 5.74) is 10.6. The molecule has 8 nitrogen and oxygen atoms in total. The number of nitrogens with zero attached hydrogens (tertiary/aromatic N) is 4. The van der Waals surface area contributed by atoms with Crippen molar-refractivity contribution in [3.63, 3.8) is 0 Å². The molecule has 3 aliphatic heterocycles. The maximum Gasteiger partial charge on any atom is 0.234 e. The molecule has 3 heterocycles. The van der Waals surface area contributed by atoms with Gasteiger partial charge in [0.15, 0.2) is 5.17 Å². The second-order valence-corrected chi connectivity index (χ2v) is 8.94. The highest BCUT2D eigenvalue weighted by atomic mass is 32.2. The van der Waals surface area contributed by atoms with Crippen LogP contribution in [0.5, 0.6) is 0 Å². The molecule has 3 N–H and O–H groups in total. The summed E-state index contributed by atoms with van der Waals surface area (Å²) in [6.07, 6.45) is 5.01. The Bertz CT molecular complexity index is 1110. The van der Waals surface area contributed by atoms with Crippen molar-refractivity contribution in [2.75, 3.05) is 11.1 Å². The van der Waals surface area contributed by atoms with Crippen LogP contribution in [0.2, 0.25) is 0 Å². The fourth-order valence-electron chi connectivity index (χ4n) is 4.12. The maximum absolute atomic E-state index is 12.4. The topological polar surface area (TPSA) is 95.8 Å². The number of rotatable bonds is 4. The Hall–Kier alpha value is -3.48. The van der Waals surface area contributed by atoms with Crippen LogP contribution in [0.15, 0.2) is 66.0 Å². The molecule has 0 saturated carbocycles. The molecule has 2 aromatic rings. The first-order valence-corrected chi connectivity index (χ1v) is 11.4. The van der Waals surface area contributed by atoms with Crippen molar-refractivity contribution >= 4 is 28.5 Å². The lowest BCUT2D eigenvalue weighted by atomic mass is 9.99. The minimum absolute atomic E-state index is 0.0204. The number of carbonyl (C=O) groups excluding carboxylic acids is 1. The summed E-state index contributed by atoms with van der Waals surface area (Å²) < 4.78 is 0. The highest BCUT2D eigenvalue weighted by Crippen LogP contribution is 2.35. The Labute approximate surface area is 190 Å². The van der Waals surface area contributed by atoms with Crippen molar-refractivity contribution in [1.82, 2.24) is 20.8 Å². The molecule has 3 atom stereocenters. The quantitative estimate of drug-likeness (QED) is 0.666. The van der Waals surface area contributed by atoms with Gasteiger partial charge in [-0.1, -0.05) is 41.6 Å². The average Bonchev–Trinajstić information content (AvgIpc) is 3.42. The number of anilines is 1. The fourth-order valence-corrected chi connectivity index (χ4v) is 4.89. The molecule has 1 fully saturated rings. The van der Waals surface area contributed by atoms with Gasteiger partial charge in [0.05, 0.1) is 29.5 Å². The summed E-state index contributed by atoms with van der Waals surface area (Å²) in [7, 11) is 0. The molecule has 0 radical (unpaired) electrons. The maximum atomic E-state index is 12.4. The van der Waals surface area contributed by atoms with Crippen molar-refractivity contribution < 1.29 is 4.79 Å². The number of amidine groups is 1. The number of nitriles is 1. The summed E-state index contributed by atoms with van der Waals surface area (Å²) in [5.74, 6) is 0.131. The number of hydrogen-bond acceptors (Lipinski definition) is 8. The van der Waals surface area contributed by atoms with Gasteiger partial charge in [0, 0.05) is 18.1 Å². The fraction of sp³-hybridized carbons (Fsp3) is 0.261. The minimum Gasteiger partial charge on any atom is -0.325 e. The molecule has 0 aliphatic carbocycles. The molecule has 3 aliphatic rings. The number of carbonyl (C=O) groups is 1. The van der Waals surface area contributed by atoms with E-state index in [1.165, 1.54) is 22.9 Å². The lowest BCUT2D eigenvalue weighted by molar-refractivity contribution is -0.113. The van der Waals surface area contributed by atoms with E-state index in [0.29, 0.717) is 11.3 Å². The van der Waals surface area contributed by atoms with Crippen LogP contribution in [0.25, 0.3) is 0 Å². The molecule has 0 bridgehead atoms. The Morgan fingerprint density at radius 1 is 1.22 bits per heavy atom. The SMILES string of the molecule is Cc1ccc(C2CC3C4NN=C(SCC(=O)Nc5ccc(C#N)cc5)N4C=CN3N2)cc1. The zero-order valence-electron chi connectivity index (χ0n) is 17.5. The van der Waals surface area contributed by atoms with Crippen LogP contribution >= 0.6 is 11.8 Å². The number of thioether (sulfide) groups is 1. The Morgan fingerprint density at radius 2 is 2.00 bits per heavy atom. The third-order valence-electron chi connectivity index (χ3n) is 5.81. The molecule has 2 aromatic carbocycles. The van der Waals surface area contributed by atoms with E-state index < -0.39 is 0 Å². The van der Waals surface area contributed by atoms with Gasteiger partial charge in [-0.25, -0.2) is 5.43 Å². The van der Waals surface area contributed by atoms with Crippen LogP contribution in [-0.2, 0) is 4.79 Å². The second-order valence-electron chi connectivity index (χ2n) is 8.00. The molecule has 5 rings (SSSR count). The Balaban J connectivity index is 1.17. The highest BCUT2D eigenvalue weighted by Gasteiger charge is 2.44. The van der Waals surface area contributed by atoms with Crippen LogP contribution < -0.4 is 16.2 Å². The molecule has 3 unspecified atom stereocenters. The average molecular weight is 446 g/mol. The number of amides is 1. The first-order chi connectivity index (χ1) is 15.6. The van der Waals surface area contributed by atoms with Crippen LogP contribution in [0.1, 0.15) is 29.2 Å². The highest BCUT2D eigenvalue weighted by molar-refractivity contribution is 8.14. The van der Waals surface area contributed by atoms with Gasteiger partial charge in [0.2, 0.25) is 5.91 Å². The van der Waals surface area contributed by atoms with Gasteiger partial charge in [0.1, 0.15) is 6.17 Å². The predicted molar refractivity (Wildman–Crippen MR) is 125 cm³/mol. The smallest absolute Gasteiger partial charge is 0.234 e. The van der Waals surface area contributed by atoms with Gasteiger partial charge >= 0.3 is 0 Å². The van der Waals surface area contributed by atoms with Crippen molar-refractivity contribution in [1.29, 1.82) is 5.26 Å². The zero-order chi connectivity index (χ0) is 22.1. The van der Waals surface area contributed by atoms with Crippen LogP contribution in [0.4, 0.5) is 5.69 Å². The molecule has 1 amide bonds. The predicted octanol–water partition coefficient (Wildman–Crippen LogP) is 2.85. The first-order valence-electron chi connectivity index (χ1n) is 10.4. The van der Waals surface area contributed by atoms with Crippen molar-refractivity contribution in [2.24, 2.45) is 5.10 Å². The summed E-state index contributed by atoms with van der Waals surface area (Å²) in [5, 5.41) is 19.1. The third kappa shape index (κ3) is 4.02.